The maximum atomic E-state index is 12.9. The minimum Gasteiger partial charge on any atom is -0.462 e. The molecular weight excluding hydrogens is 997 g/mol. The Kier molecular flexibility index (Phi) is 64.8. The molecule has 0 aromatic rings. The Morgan fingerprint density at radius 1 is 0.259 bits per heavy atom. The van der Waals surface area contributed by atoms with Crippen molar-refractivity contribution < 1.29 is 28.6 Å². The maximum Gasteiger partial charge on any atom is 0.306 e. The van der Waals surface area contributed by atoms with Crippen LogP contribution in [0.4, 0.5) is 0 Å². The fourth-order valence-corrected chi connectivity index (χ4v) is 9.37. The highest BCUT2D eigenvalue weighted by Crippen LogP contribution is 2.16. The molecule has 6 nitrogen and oxygen atoms in total. The summed E-state index contributed by atoms with van der Waals surface area (Å²) in [7, 11) is 0. The van der Waals surface area contributed by atoms with E-state index in [2.05, 4.69) is 142 Å². The normalized spacial score (nSPS) is 12.9. The minimum atomic E-state index is -0.795. The van der Waals surface area contributed by atoms with Crippen LogP contribution in [0.5, 0.6) is 0 Å². The molecule has 81 heavy (non-hydrogen) atoms. The summed E-state index contributed by atoms with van der Waals surface area (Å²) in [4.78, 5) is 38.4. The molecule has 0 amide bonds. The predicted octanol–water partition coefficient (Wildman–Crippen LogP) is 23.6. The highest BCUT2D eigenvalue weighted by atomic mass is 16.6. The van der Waals surface area contributed by atoms with Crippen LogP contribution in [-0.2, 0) is 28.6 Å². The molecular formula is C75H126O6. The van der Waals surface area contributed by atoms with Crippen LogP contribution in [0.1, 0.15) is 316 Å². The molecule has 6 heteroatoms. The Balaban J connectivity index is 4.38. The smallest absolute Gasteiger partial charge is 0.306 e. The quantitative estimate of drug-likeness (QED) is 0.0261. The second kappa shape index (κ2) is 68.3. The standard InChI is InChI=1S/C75H126O6/c1-4-7-10-13-16-19-22-25-27-29-31-32-33-34-35-36-37-38-39-40-41-42-44-45-47-50-53-56-59-62-65-68-74(77)80-71-72(70-79-73(76)67-64-61-58-55-52-49-24-21-18-15-12-9-6-3)81-75(78)69-66-63-60-57-54-51-48-46-43-30-28-26-23-20-17-14-11-8-5-2/h7,10,16,19,25-28,31-32,34-35,37-38,40-41,44-45,50,53,72H,4-6,8-9,11-15,17-18,20-24,29-30,33,36,39,42-43,46-49,51-52,54-71H2,1-3H3/b10-7-,19-16-,27-25-,28-26-,32-31-,35-34-,38-37-,41-40-,45-44-,53-50-. The Bertz CT molecular complexity index is 1670. The van der Waals surface area contributed by atoms with Crippen LogP contribution in [0.25, 0.3) is 0 Å². The van der Waals surface area contributed by atoms with Crippen LogP contribution in [0.3, 0.4) is 0 Å². The second-order valence-electron chi connectivity index (χ2n) is 22.4. The van der Waals surface area contributed by atoms with Gasteiger partial charge in [0.2, 0.25) is 0 Å². The number of carbonyl (C=O) groups excluding carboxylic acids is 3. The van der Waals surface area contributed by atoms with Gasteiger partial charge in [0.15, 0.2) is 6.10 Å². The van der Waals surface area contributed by atoms with Crippen molar-refractivity contribution in [2.75, 3.05) is 13.2 Å². The lowest BCUT2D eigenvalue weighted by molar-refractivity contribution is -0.167. The zero-order chi connectivity index (χ0) is 58.5. The second-order valence-corrected chi connectivity index (χ2v) is 22.4. The highest BCUT2D eigenvalue weighted by molar-refractivity contribution is 5.71. The lowest BCUT2D eigenvalue weighted by atomic mass is 10.0. The van der Waals surface area contributed by atoms with E-state index in [9.17, 15) is 14.4 Å². The van der Waals surface area contributed by atoms with Crippen LogP contribution in [-0.4, -0.2) is 37.2 Å². The van der Waals surface area contributed by atoms with Crippen molar-refractivity contribution in [1.29, 1.82) is 0 Å². The molecule has 0 N–H and O–H groups in total. The zero-order valence-corrected chi connectivity index (χ0v) is 53.0. The maximum absolute atomic E-state index is 12.9. The Morgan fingerprint density at radius 2 is 0.481 bits per heavy atom. The minimum absolute atomic E-state index is 0.0882. The third-order valence-corrected chi connectivity index (χ3v) is 14.5. The summed E-state index contributed by atoms with van der Waals surface area (Å²) in [5.74, 6) is -0.915. The van der Waals surface area contributed by atoms with Gasteiger partial charge in [-0.05, 0) is 116 Å². The molecule has 0 heterocycles. The van der Waals surface area contributed by atoms with Crippen LogP contribution in [0.15, 0.2) is 122 Å². The number of carbonyl (C=O) groups is 3. The van der Waals surface area contributed by atoms with E-state index in [0.29, 0.717) is 19.3 Å². The Morgan fingerprint density at radius 3 is 0.778 bits per heavy atom. The van der Waals surface area contributed by atoms with Gasteiger partial charge < -0.3 is 14.2 Å². The summed E-state index contributed by atoms with van der Waals surface area (Å²) in [6.45, 7) is 6.52. The first-order chi connectivity index (χ1) is 40.0. The monoisotopic (exact) mass is 1120 g/mol. The molecule has 0 bridgehead atoms. The summed E-state index contributed by atoms with van der Waals surface area (Å²) in [5.41, 5.74) is 0. The number of ether oxygens (including phenoxy) is 3. The number of allylic oxidation sites excluding steroid dienone is 20. The van der Waals surface area contributed by atoms with E-state index < -0.39 is 6.10 Å². The first kappa shape index (κ1) is 76.8. The van der Waals surface area contributed by atoms with Crippen LogP contribution < -0.4 is 0 Å². The van der Waals surface area contributed by atoms with E-state index in [4.69, 9.17) is 14.2 Å². The van der Waals surface area contributed by atoms with E-state index >= 15 is 0 Å². The molecule has 0 aliphatic rings. The van der Waals surface area contributed by atoms with Gasteiger partial charge in [-0.15, -0.1) is 0 Å². The molecule has 1 atom stereocenters. The largest absolute Gasteiger partial charge is 0.462 e. The van der Waals surface area contributed by atoms with Crippen molar-refractivity contribution in [1.82, 2.24) is 0 Å². The number of esters is 3. The van der Waals surface area contributed by atoms with Gasteiger partial charge in [-0.1, -0.05) is 303 Å². The molecule has 0 aliphatic heterocycles. The molecule has 1 unspecified atom stereocenters. The Labute approximate surface area is 501 Å². The van der Waals surface area contributed by atoms with Crippen molar-refractivity contribution >= 4 is 17.9 Å². The zero-order valence-electron chi connectivity index (χ0n) is 53.0. The number of unbranched alkanes of at least 4 members (excludes halogenated alkanes) is 30. The van der Waals surface area contributed by atoms with Gasteiger partial charge in [0.05, 0.1) is 0 Å². The van der Waals surface area contributed by atoms with Crippen molar-refractivity contribution in [3.63, 3.8) is 0 Å². The van der Waals surface area contributed by atoms with Gasteiger partial charge in [0.1, 0.15) is 13.2 Å². The first-order valence-corrected chi connectivity index (χ1v) is 34.0. The van der Waals surface area contributed by atoms with Gasteiger partial charge in [0.25, 0.3) is 0 Å². The molecule has 462 valence electrons. The fraction of sp³-hybridized carbons (Fsp3) is 0.693. The molecule has 0 fully saturated rings. The van der Waals surface area contributed by atoms with Gasteiger partial charge in [0, 0.05) is 19.3 Å². The fourth-order valence-electron chi connectivity index (χ4n) is 9.37. The third kappa shape index (κ3) is 66.5. The summed E-state index contributed by atoms with van der Waals surface area (Å²) in [5, 5.41) is 0. The number of hydrogen-bond donors (Lipinski definition) is 0. The van der Waals surface area contributed by atoms with Crippen LogP contribution in [0, 0.1) is 0 Å². The van der Waals surface area contributed by atoms with Gasteiger partial charge in [-0.2, -0.15) is 0 Å². The molecule has 0 aliphatic carbocycles. The van der Waals surface area contributed by atoms with Gasteiger partial charge in [-0.3, -0.25) is 14.4 Å². The third-order valence-electron chi connectivity index (χ3n) is 14.5. The molecule has 0 saturated carbocycles. The van der Waals surface area contributed by atoms with Gasteiger partial charge in [-0.25, -0.2) is 0 Å². The summed E-state index contributed by atoms with van der Waals surface area (Å²) >= 11 is 0. The Hall–Kier alpha value is -4.19. The van der Waals surface area contributed by atoms with Crippen LogP contribution >= 0.6 is 0 Å². The molecule has 0 rings (SSSR count). The molecule has 0 spiro atoms. The number of rotatable bonds is 61. The van der Waals surface area contributed by atoms with Crippen molar-refractivity contribution in [3.05, 3.63) is 122 Å². The molecule has 0 aromatic carbocycles. The summed E-state index contributed by atoms with van der Waals surface area (Å²) < 4.78 is 16.9. The summed E-state index contributed by atoms with van der Waals surface area (Å²) in [6, 6.07) is 0. The van der Waals surface area contributed by atoms with Crippen molar-refractivity contribution in [2.45, 2.75) is 322 Å². The van der Waals surface area contributed by atoms with Crippen molar-refractivity contribution in [2.24, 2.45) is 0 Å². The lowest BCUT2D eigenvalue weighted by Crippen LogP contribution is -2.30. The molecule has 0 aromatic heterocycles. The topological polar surface area (TPSA) is 78.9 Å². The number of hydrogen-bond acceptors (Lipinski definition) is 6. The predicted molar refractivity (Wildman–Crippen MR) is 353 cm³/mol. The lowest BCUT2D eigenvalue weighted by Gasteiger charge is -2.18. The molecule has 0 radical (unpaired) electrons. The van der Waals surface area contributed by atoms with Gasteiger partial charge >= 0.3 is 17.9 Å². The SMILES string of the molecule is CC/C=C\C/C=C\C/C=C\C/C=C\C/C=C\C/C=C\C/C=C\C/C=C\C/C=C\CCCCCC(=O)OCC(COC(=O)CCCCCCCCCCCCCCC)OC(=O)CCCCCCCCCCC/C=C\CCCCCCCC. The van der Waals surface area contributed by atoms with E-state index in [1.807, 2.05) is 0 Å². The van der Waals surface area contributed by atoms with Crippen molar-refractivity contribution in [3.8, 4) is 0 Å². The highest BCUT2D eigenvalue weighted by Gasteiger charge is 2.19. The van der Waals surface area contributed by atoms with Crippen LogP contribution in [0.2, 0.25) is 0 Å². The van der Waals surface area contributed by atoms with E-state index in [1.165, 1.54) is 154 Å². The average molecular weight is 1120 g/mol. The van der Waals surface area contributed by atoms with E-state index in [1.54, 1.807) is 0 Å². The van der Waals surface area contributed by atoms with E-state index in [0.717, 1.165) is 122 Å². The summed E-state index contributed by atoms with van der Waals surface area (Å²) in [6.07, 6.45) is 95.0. The van der Waals surface area contributed by atoms with E-state index in [-0.39, 0.29) is 31.1 Å². The first-order valence-electron chi connectivity index (χ1n) is 34.0. The average Bonchev–Trinajstić information content (AvgIpc) is 3.46. The molecule has 0 saturated heterocycles.